The molecule has 1 aliphatic rings. The van der Waals surface area contributed by atoms with E-state index >= 15 is 0 Å². The fourth-order valence-corrected chi connectivity index (χ4v) is 4.38. The molecule has 7 heteroatoms. The number of carbonyl (C=O) groups excluding carboxylic acids is 2. The van der Waals surface area contributed by atoms with E-state index in [9.17, 15) is 9.59 Å². The van der Waals surface area contributed by atoms with E-state index in [0.717, 1.165) is 47.5 Å². The lowest BCUT2D eigenvalue weighted by molar-refractivity contribution is 0.0639. The summed E-state index contributed by atoms with van der Waals surface area (Å²) in [5.74, 6) is 0.0856. The molecule has 3 aromatic rings. The highest BCUT2D eigenvalue weighted by atomic mass is 16.2. The molecular weight excluding hydrogens is 438 g/mol. The number of para-hydroxylation sites is 1. The molecule has 0 bridgehead atoms. The third-order valence-corrected chi connectivity index (χ3v) is 6.46. The van der Waals surface area contributed by atoms with Gasteiger partial charge in [-0.1, -0.05) is 51.1 Å². The lowest BCUT2D eigenvalue weighted by Crippen LogP contribution is -2.50. The Morgan fingerprint density at radius 3 is 2.34 bits per heavy atom. The number of benzene rings is 2. The van der Waals surface area contributed by atoms with Crippen LogP contribution >= 0.6 is 0 Å². The number of hydrogen-bond donors (Lipinski definition) is 2. The zero-order chi connectivity index (χ0) is 25.0. The largest absolute Gasteiger partial charge is 0.337 e. The minimum atomic E-state index is -0.228. The molecule has 2 heterocycles. The van der Waals surface area contributed by atoms with Crippen LogP contribution in [0.5, 0.6) is 0 Å². The van der Waals surface area contributed by atoms with E-state index in [4.69, 9.17) is 0 Å². The van der Waals surface area contributed by atoms with Crippen LogP contribution in [0.3, 0.4) is 0 Å². The summed E-state index contributed by atoms with van der Waals surface area (Å²) in [6.07, 6.45) is 0. The van der Waals surface area contributed by atoms with Gasteiger partial charge >= 0.3 is 6.03 Å². The molecular formula is C28H35N5O2. The van der Waals surface area contributed by atoms with Gasteiger partial charge in [0.15, 0.2) is 0 Å². The number of rotatable bonds is 5. The molecule has 0 unspecified atom stereocenters. The fourth-order valence-electron chi connectivity index (χ4n) is 4.38. The zero-order valence-electron chi connectivity index (χ0n) is 21.1. The third kappa shape index (κ3) is 6.17. The number of amides is 3. The molecule has 1 saturated heterocycles. The highest BCUT2D eigenvalue weighted by Crippen LogP contribution is 2.23. The molecule has 184 valence electrons. The number of aromatic nitrogens is 1. The Kier molecular flexibility index (Phi) is 7.36. The maximum atomic E-state index is 12.9. The summed E-state index contributed by atoms with van der Waals surface area (Å²) >= 11 is 0. The summed E-state index contributed by atoms with van der Waals surface area (Å²) in [4.78, 5) is 34.1. The van der Waals surface area contributed by atoms with Gasteiger partial charge in [-0.25, -0.2) is 4.79 Å². The van der Waals surface area contributed by atoms with Crippen LogP contribution in [0.4, 0.5) is 10.5 Å². The summed E-state index contributed by atoms with van der Waals surface area (Å²) < 4.78 is 0. The fraction of sp³-hybridized carbons (Fsp3) is 0.393. The van der Waals surface area contributed by atoms with Crippen molar-refractivity contribution in [1.82, 2.24) is 20.1 Å². The zero-order valence-corrected chi connectivity index (χ0v) is 21.1. The normalized spacial score (nSPS) is 14.7. The Hall–Kier alpha value is -3.45. The predicted molar refractivity (Wildman–Crippen MR) is 141 cm³/mol. The van der Waals surface area contributed by atoms with Gasteiger partial charge in [0.1, 0.15) is 0 Å². The second-order valence-electron chi connectivity index (χ2n) is 10.2. The first kappa shape index (κ1) is 24.7. The van der Waals surface area contributed by atoms with Crippen molar-refractivity contribution in [3.8, 4) is 0 Å². The summed E-state index contributed by atoms with van der Waals surface area (Å²) in [6, 6.07) is 17.4. The quantitative estimate of drug-likeness (QED) is 0.575. The minimum absolute atomic E-state index is 0.0726. The SMILES string of the molecule is Cc1cc(NC(=O)NCCN2CCN(C(=O)c3ccc(C(C)(C)C)cc3)CC2)c2ccccc2n1. The standard InChI is InChI=1S/C28H35N5O2/c1-20-19-25(23-7-5-6-8-24(23)30-20)31-27(35)29-13-14-32-15-17-33(18-16-32)26(34)21-9-11-22(12-10-21)28(2,3)4/h5-12,19H,13-18H2,1-4H3,(H2,29,30,31,35). The Balaban J connectivity index is 1.22. The topological polar surface area (TPSA) is 77.6 Å². The van der Waals surface area contributed by atoms with Gasteiger partial charge in [0, 0.05) is 55.9 Å². The first-order valence-electron chi connectivity index (χ1n) is 12.2. The van der Waals surface area contributed by atoms with Crippen molar-refractivity contribution < 1.29 is 9.59 Å². The molecule has 7 nitrogen and oxygen atoms in total. The van der Waals surface area contributed by atoms with Crippen molar-refractivity contribution >= 4 is 28.5 Å². The van der Waals surface area contributed by atoms with Crippen LogP contribution in [-0.2, 0) is 5.41 Å². The van der Waals surface area contributed by atoms with Gasteiger partial charge < -0.3 is 15.5 Å². The molecule has 4 rings (SSSR count). The second kappa shape index (κ2) is 10.4. The predicted octanol–water partition coefficient (Wildman–Crippen LogP) is 4.42. The van der Waals surface area contributed by atoms with Crippen LogP contribution in [0.25, 0.3) is 10.9 Å². The summed E-state index contributed by atoms with van der Waals surface area (Å²) in [7, 11) is 0. The van der Waals surface area contributed by atoms with Crippen LogP contribution < -0.4 is 10.6 Å². The third-order valence-electron chi connectivity index (χ3n) is 6.46. The number of aryl methyl sites for hydroxylation is 1. The van der Waals surface area contributed by atoms with Crippen LogP contribution in [0, 0.1) is 6.92 Å². The Morgan fingerprint density at radius 1 is 0.971 bits per heavy atom. The van der Waals surface area contributed by atoms with Gasteiger partial charge in [-0.2, -0.15) is 0 Å². The number of pyridine rings is 1. The van der Waals surface area contributed by atoms with Gasteiger partial charge in [0.2, 0.25) is 0 Å². The molecule has 0 atom stereocenters. The highest BCUT2D eigenvalue weighted by Gasteiger charge is 2.22. The maximum Gasteiger partial charge on any atom is 0.319 e. The van der Waals surface area contributed by atoms with Crippen molar-refractivity contribution in [2.75, 3.05) is 44.6 Å². The van der Waals surface area contributed by atoms with Crippen molar-refractivity contribution in [2.24, 2.45) is 0 Å². The maximum absolute atomic E-state index is 12.9. The van der Waals surface area contributed by atoms with E-state index in [0.29, 0.717) is 19.6 Å². The Morgan fingerprint density at radius 2 is 1.66 bits per heavy atom. The summed E-state index contributed by atoms with van der Waals surface area (Å²) in [5, 5.41) is 6.82. The van der Waals surface area contributed by atoms with Gasteiger partial charge in [-0.15, -0.1) is 0 Å². The molecule has 0 aliphatic carbocycles. The van der Waals surface area contributed by atoms with Crippen molar-refractivity contribution in [1.29, 1.82) is 0 Å². The van der Waals surface area contributed by atoms with E-state index in [1.54, 1.807) is 0 Å². The molecule has 0 radical (unpaired) electrons. The number of nitrogens with one attached hydrogen (secondary N) is 2. The number of nitrogens with zero attached hydrogens (tertiary/aromatic N) is 3. The van der Waals surface area contributed by atoms with Crippen molar-refractivity contribution in [3.63, 3.8) is 0 Å². The number of urea groups is 1. The molecule has 2 N–H and O–H groups in total. The first-order chi connectivity index (χ1) is 16.7. The van der Waals surface area contributed by atoms with E-state index in [1.165, 1.54) is 5.56 Å². The van der Waals surface area contributed by atoms with Crippen LogP contribution in [0.15, 0.2) is 54.6 Å². The molecule has 1 aliphatic heterocycles. The van der Waals surface area contributed by atoms with E-state index < -0.39 is 0 Å². The minimum Gasteiger partial charge on any atom is -0.337 e. The first-order valence-corrected chi connectivity index (χ1v) is 12.2. The number of anilines is 1. The van der Waals surface area contributed by atoms with Gasteiger partial charge in [0.05, 0.1) is 11.2 Å². The van der Waals surface area contributed by atoms with Crippen LogP contribution in [0.2, 0.25) is 0 Å². The van der Waals surface area contributed by atoms with Gasteiger partial charge in [-0.05, 0) is 42.2 Å². The average molecular weight is 474 g/mol. The van der Waals surface area contributed by atoms with E-state index in [1.807, 2.05) is 54.3 Å². The summed E-state index contributed by atoms with van der Waals surface area (Å²) in [5.41, 5.74) is 4.51. The average Bonchev–Trinajstić information content (AvgIpc) is 2.83. The molecule has 1 fully saturated rings. The van der Waals surface area contributed by atoms with Gasteiger partial charge in [-0.3, -0.25) is 14.7 Å². The number of fused-ring (bicyclic) bond motifs is 1. The lowest BCUT2D eigenvalue weighted by Gasteiger charge is -2.34. The molecule has 0 spiro atoms. The number of piperazine rings is 1. The van der Waals surface area contributed by atoms with E-state index in [2.05, 4.69) is 53.4 Å². The van der Waals surface area contributed by atoms with Gasteiger partial charge in [0.25, 0.3) is 5.91 Å². The molecule has 3 amide bonds. The lowest BCUT2D eigenvalue weighted by atomic mass is 9.86. The summed E-state index contributed by atoms with van der Waals surface area (Å²) in [6.45, 7) is 12.7. The van der Waals surface area contributed by atoms with Crippen LogP contribution in [-0.4, -0.2) is 66.0 Å². The Labute approximate surface area is 207 Å². The van der Waals surface area contributed by atoms with Crippen molar-refractivity contribution in [3.05, 3.63) is 71.4 Å². The monoisotopic (exact) mass is 473 g/mol. The smallest absolute Gasteiger partial charge is 0.319 e. The number of hydrogen-bond acceptors (Lipinski definition) is 4. The van der Waals surface area contributed by atoms with E-state index in [-0.39, 0.29) is 17.4 Å². The molecule has 0 saturated carbocycles. The van der Waals surface area contributed by atoms with Crippen LogP contribution in [0.1, 0.15) is 42.4 Å². The molecule has 35 heavy (non-hydrogen) atoms. The second-order valence-corrected chi connectivity index (χ2v) is 10.2. The van der Waals surface area contributed by atoms with Crippen molar-refractivity contribution in [2.45, 2.75) is 33.1 Å². The number of carbonyl (C=O) groups is 2. The Bertz CT molecular complexity index is 1190. The molecule has 1 aromatic heterocycles. The highest BCUT2D eigenvalue weighted by molar-refractivity contribution is 6.00. The molecule has 2 aromatic carbocycles.